The van der Waals surface area contributed by atoms with Gasteiger partial charge >= 0.3 is 0 Å². The highest BCUT2D eigenvalue weighted by atomic mass is 16.6. The molecule has 0 aromatic heterocycles. The minimum absolute atomic E-state index is 0.392. The van der Waals surface area contributed by atoms with Crippen LogP contribution in [0, 0.1) is 0 Å². The van der Waals surface area contributed by atoms with Crippen LogP contribution < -0.4 is 0 Å². The highest BCUT2D eigenvalue weighted by Crippen LogP contribution is 2.12. The smallest absolute Gasteiger partial charge is 0.104 e. The Morgan fingerprint density at radius 2 is 1.20 bits per heavy atom. The maximum absolute atomic E-state index is 6.75. The van der Waals surface area contributed by atoms with Crippen LogP contribution in [0.15, 0.2) is 0 Å². The van der Waals surface area contributed by atoms with E-state index in [1.165, 1.54) is 9.82 Å². The summed E-state index contributed by atoms with van der Waals surface area (Å²) in [6.45, 7) is 3.26. The van der Waals surface area contributed by atoms with E-state index in [-0.39, 0.29) is 0 Å². The molecule has 2 aliphatic heterocycles. The van der Waals surface area contributed by atoms with Gasteiger partial charge < -0.3 is 36.3 Å². The van der Waals surface area contributed by atoms with Gasteiger partial charge in [0.25, 0.3) is 0 Å². The second kappa shape index (κ2) is 9.07. The number of hydrogen-bond acceptors (Lipinski definition) is 3. The molecular weight excluding hydrogens is 204 g/mol. The van der Waals surface area contributed by atoms with Crippen LogP contribution in [0.1, 0.15) is 0 Å². The van der Waals surface area contributed by atoms with Crippen molar-refractivity contribution in [1.82, 2.24) is 0 Å². The van der Waals surface area contributed by atoms with Crippen LogP contribution in [0.25, 0.3) is 31.9 Å². The fourth-order valence-corrected chi connectivity index (χ4v) is 0.659. The molecule has 0 aromatic rings. The van der Waals surface area contributed by atoms with Crippen molar-refractivity contribution in [2.75, 3.05) is 26.4 Å². The Balaban J connectivity index is 0.000000280. The third-order valence-corrected chi connectivity index (χ3v) is 1.41. The van der Waals surface area contributed by atoms with Gasteiger partial charge in [-0.05, 0) is 0 Å². The van der Waals surface area contributed by atoms with E-state index in [4.69, 9.17) is 36.3 Å². The van der Waals surface area contributed by atoms with E-state index in [1.54, 1.807) is 0 Å². The molecule has 2 atom stereocenters. The van der Waals surface area contributed by atoms with E-state index < -0.39 is 0 Å². The predicted molar refractivity (Wildman–Crippen MR) is 50.5 cm³/mol. The van der Waals surface area contributed by atoms with Crippen molar-refractivity contribution in [2.45, 2.75) is 12.2 Å². The summed E-state index contributed by atoms with van der Waals surface area (Å²) in [6.07, 6.45) is 0.785. The Labute approximate surface area is 85.8 Å². The normalized spacial score (nSPS) is 24.3. The van der Waals surface area contributed by atoms with Gasteiger partial charge in [-0.2, -0.15) is 0 Å². The molecule has 9 heteroatoms. The van der Waals surface area contributed by atoms with Gasteiger partial charge in [0, 0.05) is 0 Å². The highest BCUT2D eigenvalue weighted by molar-refractivity contribution is 4.71. The summed E-state index contributed by atoms with van der Waals surface area (Å²) in [5, 5.41) is 0. The van der Waals surface area contributed by atoms with Crippen molar-refractivity contribution < 1.29 is 14.2 Å². The maximum Gasteiger partial charge on any atom is 0.104 e. The minimum atomic E-state index is 0.392. The first-order chi connectivity index (χ1) is 7.28. The molecule has 2 saturated heterocycles. The number of ether oxygens (including phenoxy) is 3. The molecule has 0 bridgehead atoms. The average Bonchev–Trinajstić information content (AvgIpc) is 3.01. The second-order valence-corrected chi connectivity index (χ2v) is 2.63. The molecule has 0 spiro atoms. The zero-order valence-electron chi connectivity index (χ0n) is 7.89. The fraction of sp³-hybridized carbons (Fsp3) is 1.00. The summed E-state index contributed by atoms with van der Waals surface area (Å²) in [4.78, 5) is 3.00. The number of rotatable bonds is 4. The maximum atomic E-state index is 6.75. The molecule has 0 amide bonds. The van der Waals surface area contributed by atoms with E-state index in [0.29, 0.717) is 12.2 Å². The van der Waals surface area contributed by atoms with Crippen LogP contribution in [0.4, 0.5) is 0 Å². The SMILES string of the molecule is C(OCC1CO1)C1CO1.[N-]=[N+]=[N-].[N-]=[N+]=[N-]. The fourth-order valence-electron chi connectivity index (χ4n) is 0.659. The van der Waals surface area contributed by atoms with Crippen molar-refractivity contribution in [3.05, 3.63) is 31.9 Å². The van der Waals surface area contributed by atoms with Crippen molar-refractivity contribution in [3.63, 3.8) is 0 Å². The minimum Gasteiger partial charge on any atom is -0.376 e. The van der Waals surface area contributed by atoms with E-state index in [1.807, 2.05) is 0 Å². The van der Waals surface area contributed by atoms with E-state index in [9.17, 15) is 0 Å². The summed E-state index contributed by atoms with van der Waals surface area (Å²) < 4.78 is 15.1. The first-order valence-electron chi connectivity index (χ1n) is 4.06. The summed E-state index contributed by atoms with van der Waals surface area (Å²) >= 11 is 0. The molecule has 2 fully saturated rings. The van der Waals surface area contributed by atoms with Gasteiger partial charge in [-0.25, -0.2) is 0 Å². The number of epoxide rings is 2. The van der Waals surface area contributed by atoms with Crippen LogP contribution in [0.2, 0.25) is 0 Å². The zero-order valence-corrected chi connectivity index (χ0v) is 7.89. The standard InChI is InChI=1S/C6H10O3.2N3/c1(5-3-8-5)7-2-6-4-9-6;2*1-3-2/h5-6H,1-4H2;;/q;2*-1. The molecule has 2 heterocycles. The Kier molecular flexibility index (Phi) is 8.16. The average molecular weight is 214 g/mol. The number of hydrogen-bond donors (Lipinski definition) is 0. The quantitative estimate of drug-likeness (QED) is 0.301. The molecular formula is C6H10N6O3-2. The van der Waals surface area contributed by atoms with Crippen molar-refractivity contribution >= 4 is 0 Å². The second-order valence-electron chi connectivity index (χ2n) is 2.63. The molecule has 0 aliphatic carbocycles. The lowest BCUT2D eigenvalue weighted by Crippen LogP contribution is -2.06. The number of nitrogens with zero attached hydrogens (tertiary/aromatic N) is 6. The van der Waals surface area contributed by atoms with Gasteiger partial charge in [-0.3, -0.25) is 9.82 Å². The van der Waals surface area contributed by atoms with Crippen molar-refractivity contribution in [1.29, 1.82) is 0 Å². The first kappa shape index (κ1) is 13.5. The molecule has 9 nitrogen and oxygen atoms in total. The lowest BCUT2D eigenvalue weighted by molar-refractivity contribution is 0.102. The Hall–Kier alpha value is -1.50. The van der Waals surface area contributed by atoms with E-state index in [0.717, 1.165) is 26.4 Å². The van der Waals surface area contributed by atoms with Crippen LogP contribution in [0.5, 0.6) is 0 Å². The van der Waals surface area contributed by atoms with Gasteiger partial charge in [0.15, 0.2) is 0 Å². The molecule has 84 valence electrons. The first-order valence-corrected chi connectivity index (χ1v) is 4.06. The topological polar surface area (TPSA) is 152 Å². The van der Waals surface area contributed by atoms with Crippen molar-refractivity contribution in [2.24, 2.45) is 0 Å². The lowest BCUT2D eigenvalue weighted by Gasteiger charge is -1.95. The van der Waals surface area contributed by atoms with Crippen LogP contribution >= 0.6 is 0 Å². The molecule has 0 N–H and O–H groups in total. The van der Waals surface area contributed by atoms with Crippen LogP contribution in [-0.2, 0) is 14.2 Å². The largest absolute Gasteiger partial charge is 0.376 e. The third-order valence-electron chi connectivity index (χ3n) is 1.41. The van der Waals surface area contributed by atoms with Gasteiger partial charge in [0.1, 0.15) is 12.2 Å². The molecule has 0 radical (unpaired) electrons. The molecule has 2 unspecified atom stereocenters. The molecule has 15 heavy (non-hydrogen) atoms. The Morgan fingerprint density at radius 1 is 0.933 bits per heavy atom. The molecule has 0 aromatic carbocycles. The zero-order chi connectivity index (χ0) is 11.5. The Morgan fingerprint density at radius 3 is 1.40 bits per heavy atom. The third kappa shape index (κ3) is 12.5. The van der Waals surface area contributed by atoms with Crippen LogP contribution in [0.3, 0.4) is 0 Å². The monoisotopic (exact) mass is 214 g/mol. The summed E-state index contributed by atoms with van der Waals surface area (Å²) in [5.74, 6) is 0. The molecule has 2 aliphatic rings. The van der Waals surface area contributed by atoms with Crippen molar-refractivity contribution in [3.8, 4) is 0 Å². The lowest BCUT2D eigenvalue weighted by atomic mass is 10.5. The summed E-state index contributed by atoms with van der Waals surface area (Å²) in [5.41, 5.74) is 27.0. The van der Waals surface area contributed by atoms with E-state index in [2.05, 4.69) is 0 Å². The van der Waals surface area contributed by atoms with Gasteiger partial charge in [0.05, 0.1) is 26.4 Å². The predicted octanol–water partition coefficient (Wildman–Crippen LogP) is 1.53. The van der Waals surface area contributed by atoms with Gasteiger partial charge in [-0.1, -0.05) is 0 Å². The van der Waals surface area contributed by atoms with Crippen LogP contribution in [-0.4, -0.2) is 38.6 Å². The summed E-state index contributed by atoms with van der Waals surface area (Å²) in [6, 6.07) is 0. The van der Waals surface area contributed by atoms with Gasteiger partial charge in [0.2, 0.25) is 0 Å². The van der Waals surface area contributed by atoms with Gasteiger partial charge in [-0.15, -0.1) is 0 Å². The summed E-state index contributed by atoms with van der Waals surface area (Å²) in [7, 11) is 0. The molecule has 0 saturated carbocycles. The highest BCUT2D eigenvalue weighted by Gasteiger charge is 2.26. The Bertz CT molecular complexity index is 203. The molecule has 2 rings (SSSR count). The van der Waals surface area contributed by atoms with E-state index >= 15 is 0 Å².